The number of carbonyl (C=O) groups excluding carboxylic acids is 1. The van der Waals surface area contributed by atoms with Gasteiger partial charge in [-0.25, -0.2) is 4.79 Å². The Morgan fingerprint density at radius 3 is 3.00 bits per heavy atom. The number of nitrogens with zero attached hydrogens (tertiary/aromatic N) is 2. The molecule has 2 amide bonds. The number of rotatable bonds is 1. The summed E-state index contributed by atoms with van der Waals surface area (Å²) >= 11 is 0. The molecule has 0 fully saturated rings. The van der Waals surface area contributed by atoms with Crippen molar-refractivity contribution in [3.8, 4) is 0 Å². The van der Waals surface area contributed by atoms with Gasteiger partial charge in [0.1, 0.15) is 0 Å². The fourth-order valence-corrected chi connectivity index (χ4v) is 3.83. The zero-order valence-electron chi connectivity index (χ0n) is 13.8. The molecular formula is C18H22N4O. The summed E-state index contributed by atoms with van der Waals surface area (Å²) in [7, 11) is 5.68. The summed E-state index contributed by atoms with van der Waals surface area (Å²) < 4.78 is 0. The number of fused-ring (bicyclic) bond motifs is 2. The monoisotopic (exact) mass is 310 g/mol. The van der Waals surface area contributed by atoms with Crippen molar-refractivity contribution in [1.29, 1.82) is 0 Å². The topological polar surface area (TPSA) is 51.4 Å². The lowest BCUT2D eigenvalue weighted by Crippen LogP contribution is -2.51. The van der Waals surface area contributed by atoms with Gasteiger partial charge in [-0.1, -0.05) is 18.2 Å². The number of benzene rings is 1. The number of carbonyl (C=O) groups is 1. The molecule has 0 bridgehead atoms. The highest BCUT2D eigenvalue weighted by atomic mass is 16.2. The smallest absolute Gasteiger partial charge is 0.317 e. The molecule has 23 heavy (non-hydrogen) atoms. The van der Waals surface area contributed by atoms with Crippen LogP contribution in [0.2, 0.25) is 0 Å². The van der Waals surface area contributed by atoms with Crippen molar-refractivity contribution in [2.75, 3.05) is 27.7 Å². The normalized spacial score (nSPS) is 23.3. The lowest BCUT2D eigenvalue weighted by molar-refractivity contribution is 0.205. The van der Waals surface area contributed by atoms with Gasteiger partial charge in [-0.15, -0.1) is 0 Å². The molecule has 4 rings (SSSR count). The van der Waals surface area contributed by atoms with Gasteiger partial charge in [0.15, 0.2) is 0 Å². The number of urea groups is 1. The molecule has 1 aliphatic heterocycles. The van der Waals surface area contributed by atoms with Crippen LogP contribution in [0.5, 0.6) is 0 Å². The Hall–Kier alpha value is -2.27. The first-order valence-corrected chi connectivity index (χ1v) is 8.03. The summed E-state index contributed by atoms with van der Waals surface area (Å²) in [4.78, 5) is 19.3. The number of aromatic amines is 1. The van der Waals surface area contributed by atoms with Crippen molar-refractivity contribution >= 4 is 22.5 Å². The molecule has 5 heteroatoms. The molecule has 1 aliphatic carbocycles. The second kappa shape index (κ2) is 5.13. The molecule has 1 aromatic carbocycles. The van der Waals surface area contributed by atoms with E-state index in [-0.39, 0.29) is 12.1 Å². The Balaban J connectivity index is 1.77. The third-order valence-electron chi connectivity index (χ3n) is 4.98. The molecule has 0 saturated carbocycles. The molecule has 2 heterocycles. The molecule has 0 spiro atoms. The van der Waals surface area contributed by atoms with Crippen LogP contribution < -0.4 is 5.32 Å². The second-order valence-electron chi connectivity index (χ2n) is 6.77. The van der Waals surface area contributed by atoms with E-state index in [9.17, 15) is 4.79 Å². The van der Waals surface area contributed by atoms with E-state index in [1.165, 1.54) is 27.6 Å². The molecule has 120 valence electrons. The van der Waals surface area contributed by atoms with Crippen molar-refractivity contribution in [3.63, 3.8) is 0 Å². The van der Waals surface area contributed by atoms with E-state index < -0.39 is 0 Å². The largest absolute Gasteiger partial charge is 0.361 e. The summed E-state index contributed by atoms with van der Waals surface area (Å²) in [6.07, 6.45) is 5.41. The van der Waals surface area contributed by atoms with Crippen LogP contribution in [-0.2, 0) is 6.42 Å². The van der Waals surface area contributed by atoms with Crippen LogP contribution in [0, 0.1) is 0 Å². The summed E-state index contributed by atoms with van der Waals surface area (Å²) in [6.45, 7) is 0.837. The number of hydrogen-bond donors (Lipinski definition) is 2. The minimum atomic E-state index is -0.0462. The average Bonchev–Trinajstić information content (AvgIpc) is 2.93. The Morgan fingerprint density at radius 2 is 2.22 bits per heavy atom. The molecule has 0 radical (unpaired) electrons. The maximum atomic E-state index is 12.0. The summed E-state index contributed by atoms with van der Waals surface area (Å²) in [5, 5.41) is 4.43. The SMILES string of the molecule is CN(C)C(=O)N[C@H]1C=C2c3cccc4[nH]cc(c34)C[C@H]2N(C)C1. The number of amides is 2. The van der Waals surface area contributed by atoms with Crippen LogP contribution >= 0.6 is 0 Å². The van der Waals surface area contributed by atoms with E-state index in [2.05, 4.69) is 52.7 Å². The molecular weight excluding hydrogens is 288 g/mol. The molecule has 0 unspecified atom stereocenters. The standard InChI is InChI=1S/C18H22N4O/c1-21(2)18(23)20-12-8-14-13-5-4-6-15-17(13)11(9-19-15)7-16(14)22(3)10-12/h4-6,8-9,12,16,19H,7,10H2,1-3H3,(H,20,23)/t12-,16+/m0/s1. The first-order chi connectivity index (χ1) is 11.0. The summed E-state index contributed by atoms with van der Waals surface area (Å²) in [5.74, 6) is 0. The zero-order chi connectivity index (χ0) is 16.1. The van der Waals surface area contributed by atoms with E-state index in [0.29, 0.717) is 6.04 Å². The molecule has 2 aliphatic rings. The Labute approximate surface area is 136 Å². The van der Waals surface area contributed by atoms with Crippen LogP contribution in [0.15, 0.2) is 30.5 Å². The highest BCUT2D eigenvalue weighted by Gasteiger charge is 2.34. The van der Waals surface area contributed by atoms with Gasteiger partial charge in [0.25, 0.3) is 0 Å². The van der Waals surface area contributed by atoms with Crippen LogP contribution in [0.3, 0.4) is 0 Å². The van der Waals surface area contributed by atoms with Crippen LogP contribution in [0.4, 0.5) is 4.79 Å². The third kappa shape index (κ3) is 2.23. The Kier molecular flexibility index (Phi) is 3.20. The maximum Gasteiger partial charge on any atom is 0.317 e. The van der Waals surface area contributed by atoms with E-state index in [4.69, 9.17) is 0 Å². The molecule has 0 saturated heterocycles. The van der Waals surface area contributed by atoms with Crippen molar-refractivity contribution in [2.45, 2.75) is 18.5 Å². The lowest BCUT2D eigenvalue weighted by Gasteiger charge is -2.40. The zero-order valence-corrected chi connectivity index (χ0v) is 13.8. The predicted octanol–water partition coefficient (Wildman–Crippen LogP) is 2.06. The lowest BCUT2D eigenvalue weighted by atomic mass is 9.81. The van der Waals surface area contributed by atoms with Crippen LogP contribution in [0.25, 0.3) is 16.5 Å². The highest BCUT2D eigenvalue weighted by molar-refractivity contribution is 5.98. The van der Waals surface area contributed by atoms with E-state index in [1.54, 1.807) is 19.0 Å². The number of H-pyrrole nitrogens is 1. The fraction of sp³-hybridized carbons (Fsp3) is 0.389. The quantitative estimate of drug-likeness (QED) is 0.847. The van der Waals surface area contributed by atoms with Gasteiger partial charge in [-0.05, 0) is 36.2 Å². The van der Waals surface area contributed by atoms with Gasteiger partial charge < -0.3 is 15.2 Å². The van der Waals surface area contributed by atoms with Gasteiger partial charge in [-0.3, -0.25) is 4.90 Å². The first kappa shape index (κ1) is 14.3. The van der Waals surface area contributed by atoms with Gasteiger partial charge in [0, 0.05) is 43.8 Å². The van der Waals surface area contributed by atoms with Crippen molar-refractivity contribution < 1.29 is 4.79 Å². The summed E-state index contributed by atoms with van der Waals surface area (Å²) in [6, 6.07) is 6.80. The van der Waals surface area contributed by atoms with E-state index in [1.807, 2.05) is 0 Å². The van der Waals surface area contributed by atoms with E-state index in [0.717, 1.165) is 13.0 Å². The number of hydrogen-bond acceptors (Lipinski definition) is 2. The van der Waals surface area contributed by atoms with Crippen molar-refractivity contribution in [2.24, 2.45) is 0 Å². The first-order valence-electron chi connectivity index (χ1n) is 8.03. The van der Waals surface area contributed by atoms with E-state index >= 15 is 0 Å². The number of likely N-dealkylation sites (N-methyl/N-ethyl adjacent to an activating group) is 1. The van der Waals surface area contributed by atoms with Crippen LogP contribution in [-0.4, -0.2) is 60.6 Å². The van der Waals surface area contributed by atoms with Gasteiger partial charge >= 0.3 is 6.03 Å². The Bertz CT molecular complexity index is 804. The molecule has 2 atom stereocenters. The number of nitrogens with one attached hydrogen (secondary N) is 2. The molecule has 2 N–H and O–H groups in total. The second-order valence-corrected chi connectivity index (χ2v) is 6.77. The van der Waals surface area contributed by atoms with Crippen molar-refractivity contribution in [1.82, 2.24) is 20.1 Å². The summed E-state index contributed by atoms with van der Waals surface area (Å²) in [5.41, 5.74) is 5.21. The average molecular weight is 310 g/mol. The maximum absolute atomic E-state index is 12.0. The minimum absolute atomic E-state index is 0.0388. The number of aromatic nitrogens is 1. The highest BCUT2D eigenvalue weighted by Crippen LogP contribution is 2.39. The molecule has 1 aromatic heterocycles. The van der Waals surface area contributed by atoms with Crippen LogP contribution in [0.1, 0.15) is 11.1 Å². The van der Waals surface area contributed by atoms with Gasteiger partial charge in [-0.2, -0.15) is 0 Å². The van der Waals surface area contributed by atoms with Crippen molar-refractivity contribution in [3.05, 3.63) is 41.6 Å². The van der Waals surface area contributed by atoms with Gasteiger partial charge in [0.2, 0.25) is 0 Å². The minimum Gasteiger partial charge on any atom is -0.361 e. The molecule has 5 nitrogen and oxygen atoms in total. The Morgan fingerprint density at radius 1 is 1.39 bits per heavy atom. The fourth-order valence-electron chi connectivity index (χ4n) is 3.83. The molecule has 2 aromatic rings. The third-order valence-corrected chi connectivity index (χ3v) is 4.98. The predicted molar refractivity (Wildman–Crippen MR) is 92.4 cm³/mol. The van der Waals surface area contributed by atoms with Gasteiger partial charge in [0.05, 0.1) is 6.04 Å².